The van der Waals surface area contributed by atoms with E-state index in [4.69, 9.17) is 5.73 Å². The SMILES string of the molecule is CC(C(=O)NCc1ccc(C(C)(C)C)cc1)c1ccc2nc(N)sc2c1. The summed E-state index contributed by atoms with van der Waals surface area (Å²) in [5, 5.41) is 3.58. The molecule has 1 unspecified atom stereocenters. The predicted octanol–water partition coefficient (Wildman–Crippen LogP) is 4.60. The molecule has 0 fully saturated rings. The number of hydrogen-bond acceptors (Lipinski definition) is 4. The number of fused-ring (bicyclic) bond motifs is 1. The van der Waals surface area contributed by atoms with Crippen molar-refractivity contribution in [2.24, 2.45) is 0 Å². The van der Waals surface area contributed by atoms with E-state index in [-0.39, 0.29) is 17.2 Å². The number of nitrogens with one attached hydrogen (secondary N) is 1. The van der Waals surface area contributed by atoms with Gasteiger partial charge in [0.2, 0.25) is 5.91 Å². The lowest BCUT2D eigenvalue weighted by Gasteiger charge is -2.19. The first kappa shape index (κ1) is 18.4. The minimum atomic E-state index is -0.225. The van der Waals surface area contributed by atoms with Gasteiger partial charge in [0.15, 0.2) is 5.13 Å². The smallest absolute Gasteiger partial charge is 0.227 e. The number of anilines is 1. The summed E-state index contributed by atoms with van der Waals surface area (Å²) in [6.07, 6.45) is 0. The molecule has 0 radical (unpaired) electrons. The molecule has 0 saturated heterocycles. The highest BCUT2D eigenvalue weighted by Gasteiger charge is 2.17. The highest BCUT2D eigenvalue weighted by atomic mass is 32.1. The number of nitrogen functional groups attached to an aromatic ring is 1. The second kappa shape index (κ2) is 7.08. The number of nitrogens with two attached hydrogens (primary N) is 1. The standard InChI is InChI=1S/C21H25N3OS/c1-13(15-7-10-17-18(11-15)26-20(22)24-17)19(25)23-12-14-5-8-16(9-6-14)21(2,3)4/h5-11,13H,12H2,1-4H3,(H2,22,24)(H,23,25). The summed E-state index contributed by atoms with van der Waals surface area (Å²) in [5.74, 6) is -0.210. The van der Waals surface area contributed by atoms with Gasteiger partial charge in [0, 0.05) is 6.54 Å². The van der Waals surface area contributed by atoms with Gasteiger partial charge < -0.3 is 11.1 Å². The minimum absolute atomic E-state index is 0.0155. The highest BCUT2D eigenvalue weighted by Crippen LogP contribution is 2.27. The van der Waals surface area contributed by atoms with Crippen LogP contribution in [0.5, 0.6) is 0 Å². The van der Waals surface area contributed by atoms with Crippen LogP contribution in [0.3, 0.4) is 0 Å². The van der Waals surface area contributed by atoms with E-state index >= 15 is 0 Å². The van der Waals surface area contributed by atoms with Crippen LogP contribution < -0.4 is 11.1 Å². The second-order valence-corrected chi connectivity index (χ2v) is 8.73. The maximum absolute atomic E-state index is 12.5. The molecule has 0 spiro atoms. The molecule has 0 aliphatic heterocycles. The van der Waals surface area contributed by atoms with Gasteiger partial charge in [-0.05, 0) is 41.2 Å². The Balaban J connectivity index is 1.65. The maximum atomic E-state index is 12.5. The minimum Gasteiger partial charge on any atom is -0.375 e. The summed E-state index contributed by atoms with van der Waals surface area (Å²) in [4.78, 5) is 16.8. The lowest BCUT2D eigenvalue weighted by Crippen LogP contribution is -2.27. The molecular formula is C21H25N3OS. The van der Waals surface area contributed by atoms with Crippen LogP contribution in [0, 0.1) is 0 Å². The quantitative estimate of drug-likeness (QED) is 0.708. The molecule has 0 aliphatic carbocycles. The third kappa shape index (κ3) is 4.05. The number of carbonyl (C=O) groups excluding carboxylic acids is 1. The Morgan fingerprint density at radius 2 is 1.88 bits per heavy atom. The lowest BCUT2D eigenvalue weighted by atomic mass is 9.87. The molecule has 1 heterocycles. The molecule has 3 rings (SSSR count). The number of thiazole rings is 1. The van der Waals surface area contributed by atoms with Crippen LogP contribution in [0.2, 0.25) is 0 Å². The van der Waals surface area contributed by atoms with Gasteiger partial charge in [0.1, 0.15) is 0 Å². The first-order chi connectivity index (χ1) is 12.2. The van der Waals surface area contributed by atoms with E-state index in [1.165, 1.54) is 16.9 Å². The Hall–Kier alpha value is -2.40. The molecule has 2 aromatic carbocycles. The average molecular weight is 368 g/mol. The Labute approximate surface area is 158 Å². The lowest BCUT2D eigenvalue weighted by molar-refractivity contribution is -0.122. The van der Waals surface area contributed by atoms with Crippen LogP contribution >= 0.6 is 11.3 Å². The Kier molecular flexibility index (Phi) is 5.01. The number of rotatable bonds is 4. The predicted molar refractivity (Wildman–Crippen MR) is 109 cm³/mol. The third-order valence-corrected chi connectivity index (χ3v) is 5.46. The molecular weight excluding hydrogens is 342 g/mol. The molecule has 1 amide bonds. The molecule has 4 nitrogen and oxygen atoms in total. The van der Waals surface area contributed by atoms with Crippen molar-refractivity contribution in [3.05, 3.63) is 59.2 Å². The zero-order valence-corrected chi connectivity index (χ0v) is 16.5. The molecule has 0 bridgehead atoms. The topological polar surface area (TPSA) is 68.0 Å². The molecule has 1 aromatic heterocycles. The number of hydrogen-bond donors (Lipinski definition) is 2. The molecule has 0 aliphatic rings. The summed E-state index contributed by atoms with van der Waals surface area (Å²) in [7, 11) is 0. The summed E-state index contributed by atoms with van der Waals surface area (Å²) in [6.45, 7) is 9.03. The van der Waals surface area contributed by atoms with Crippen LogP contribution in [0.15, 0.2) is 42.5 Å². The van der Waals surface area contributed by atoms with Crippen molar-refractivity contribution in [2.45, 2.75) is 45.6 Å². The van der Waals surface area contributed by atoms with Crippen molar-refractivity contribution in [3.63, 3.8) is 0 Å². The van der Waals surface area contributed by atoms with Gasteiger partial charge in [0.05, 0.1) is 16.1 Å². The second-order valence-electron chi connectivity index (χ2n) is 7.67. The number of carbonyl (C=O) groups is 1. The first-order valence-corrected chi connectivity index (χ1v) is 9.59. The summed E-state index contributed by atoms with van der Waals surface area (Å²) in [5.41, 5.74) is 10.1. The zero-order chi connectivity index (χ0) is 18.9. The van der Waals surface area contributed by atoms with E-state index in [0.717, 1.165) is 21.3 Å². The monoisotopic (exact) mass is 367 g/mol. The molecule has 5 heteroatoms. The van der Waals surface area contributed by atoms with Gasteiger partial charge in [-0.1, -0.05) is 62.4 Å². The van der Waals surface area contributed by atoms with Crippen molar-refractivity contribution in [3.8, 4) is 0 Å². The van der Waals surface area contributed by atoms with E-state index in [0.29, 0.717) is 11.7 Å². The molecule has 1 atom stereocenters. The van der Waals surface area contributed by atoms with Gasteiger partial charge in [0.25, 0.3) is 0 Å². The van der Waals surface area contributed by atoms with Crippen LogP contribution in [0.1, 0.15) is 50.3 Å². The zero-order valence-electron chi connectivity index (χ0n) is 15.7. The van der Waals surface area contributed by atoms with Crippen molar-refractivity contribution >= 4 is 32.6 Å². The first-order valence-electron chi connectivity index (χ1n) is 8.77. The van der Waals surface area contributed by atoms with E-state index < -0.39 is 0 Å². The number of benzene rings is 2. The molecule has 136 valence electrons. The van der Waals surface area contributed by atoms with Gasteiger partial charge >= 0.3 is 0 Å². The largest absolute Gasteiger partial charge is 0.375 e. The van der Waals surface area contributed by atoms with Crippen molar-refractivity contribution in [2.75, 3.05) is 5.73 Å². The van der Waals surface area contributed by atoms with E-state index in [1.54, 1.807) is 0 Å². The number of aromatic nitrogens is 1. The van der Waals surface area contributed by atoms with Crippen molar-refractivity contribution in [1.29, 1.82) is 0 Å². The third-order valence-electron chi connectivity index (χ3n) is 4.61. The van der Waals surface area contributed by atoms with Crippen molar-refractivity contribution in [1.82, 2.24) is 10.3 Å². The van der Waals surface area contributed by atoms with Crippen LogP contribution in [0.25, 0.3) is 10.2 Å². The fraction of sp³-hybridized carbons (Fsp3) is 0.333. The summed E-state index contributed by atoms with van der Waals surface area (Å²) < 4.78 is 1.01. The normalized spacial score (nSPS) is 12.9. The Bertz CT molecular complexity index is 923. The van der Waals surface area contributed by atoms with Crippen LogP contribution in [-0.2, 0) is 16.8 Å². The maximum Gasteiger partial charge on any atom is 0.227 e. The van der Waals surface area contributed by atoms with Crippen molar-refractivity contribution < 1.29 is 4.79 Å². The fourth-order valence-corrected chi connectivity index (χ4v) is 3.63. The number of amides is 1. The van der Waals surface area contributed by atoms with E-state index in [2.05, 4.69) is 55.3 Å². The number of nitrogens with zero attached hydrogens (tertiary/aromatic N) is 1. The van der Waals surface area contributed by atoms with E-state index in [1.807, 2.05) is 25.1 Å². The fourth-order valence-electron chi connectivity index (χ4n) is 2.84. The Morgan fingerprint density at radius 1 is 1.19 bits per heavy atom. The molecule has 0 saturated carbocycles. The van der Waals surface area contributed by atoms with Gasteiger partial charge in [-0.15, -0.1) is 0 Å². The van der Waals surface area contributed by atoms with E-state index in [9.17, 15) is 4.79 Å². The average Bonchev–Trinajstić information content (AvgIpc) is 2.97. The molecule has 3 N–H and O–H groups in total. The van der Waals surface area contributed by atoms with Gasteiger partial charge in [-0.25, -0.2) is 4.98 Å². The van der Waals surface area contributed by atoms with Gasteiger partial charge in [-0.3, -0.25) is 4.79 Å². The summed E-state index contributed by atoms with van der Waals surface area (Å²) in [6, 6.07) is 14.3. The summed E-state index contributed by atoms with van der Waals surface area (Å²) >= 11 is 1.44. The molecule has 26 heavy (non-hydrogen) atoms. The molecule has 3 aromatic rings. The van der Waals surface area contributed by atoms with Gasteiger partial charge in [-0.2, -0.15) is 0 Å². The Morgan fingerprint density at radius 3 is 2.54 bits per heavy atom. The van der Waals surface area contributed by atoms with Crippen LogP contribution in [-0.4, -0.2) is 10.9 Å². The highest BCUT2D eigenvalue weighted by molar-refractivity contribution is 7.22. The van der Waals surface area contributed by atoms with Crippen LogP contribution in [0.4, 0.5) is 5.13 Å².